The second-order valence-corrected chi connectivity index (χ2v) is 5.21. The summed E-state index contributed by atoms with van der Waals surface area (Å²) < 4.78 is 12.7. The minimum Gasteiger partial charge on any atom is -0.485 e. The van der Waals surface area contributed by atoms with E-state index in [1.807, 2.05) is 19.1 Å². The maximum Gasteiger partial charge on any atom is 0.336 e. The van der Waals surface area contributed by atoms with Crippen LogP contribution in [0.1, 0.15) is 31.7 Å². The first-order valence-electron chi connectivity index (χ1n) is 7.66. The number of rotatable bonds is 6. The molecule has 0 unspecified atom stereocenters. The molecule has 2 aromatic heterocycles. The second kappa shape index (κ2) is 6.60. The summed E-state index contributed by atoms with van der Waals surface area (Å²) in [4.78, 5) is 11.6. The van der Waals surface area contributed by atoms with Crippen molar-refractivity contribution >= 4 is 11.0 Å². The Balaban J connectivity index is 1.83. The zero-order valence-corrected chi connectivity index (χ0v) is 13.2. The smallest absolute Gasteiger partial charge is 0.336 e. The molecule has 3 rings (SSSR count). The van der Waals surface area contributed by atoms with Crippen LogP contribution in [0.3, 0.4) is 0 Å². The molecule has 23 heavy (non-hydrogen) atoms. The van der Waals surface area contributed by atoms with Crippen molar-refractivity contribution < 1.29 is 9.15 Å². The van der Waals surface area contributed by atoms with Crippen molar-refractivity contribution in [1.82, 2.24) is 20.2 Å². The van der Waals surface area contributed by atoms with E-state index in [1.54, 1.807) is 10.7 Å². The van der Waals surface area contributed by atoms with E-state index in [9.17, 15) is 4.79 Å². The number of hydrogen-bond acceptors (Lipinski definition) is 6. The van der Waals surface area contributed by atoms with Crippen LogP contribution in [0.25, 0.3) is 11.0 Å². The molecular weight excluding hydrogens is 296 g/mol. The first-order valence-corrected chi connectivity index (χ1v) is 7.66. The van der Waals surface area contributed by atoms with Gasteiger partial charge in [-0.3, -0.25) is 0 Å². The van der Waals surface area contributed by atoms with Crippen LogP contribution in [-0.2, 0) is 19.6 Å². The maximum absolute atomic E-state index is 11.6. The molecule has 0 radical (unpaired) electrons. The number of hydrogen-bond donors (Lipinski definition) is 0. The molecule has 0 aliphatic heterocycles. The molecule has 0 saturated carbocycles. The van der Waals surface area contributed by atoms with Crippen LogP contribution < -0.4 is 10.4 Å². The Labute approximate surface area is 132 Å². The van der Waals surface area contributed by atoms with Gasteiger partial charge >= 0.3 is 5.63 Å². The van der Waals surface area contributed by atoms with Gasteiger partial charge in [-0.05, 0) is 41.0 Å². The van der Waals surface area contributed by atoms with Crippen molar-refractivity contribution in [1.29, 1.82) is 0 Å². The first-order chi connectivity index (χ1) is 11.2. The summed E-state index contributed by atoms with van der Waals surface area (Å²) in [5.74, 6) is 1.27. The normalized spacial score (nSPS) is 11.0. The molecule has 0 atom stereocenters. The SMILES string of the molecule is CCCn1nnnc1COc1ccc2c(CC)cc(=O)oc2c1. The highest BCUT2D eigenvalue weighted by Crippen LogP contribution is 2.23. The van der Waals surface area contributed by atoms with Crippen LogP contribution in [0, 0.1) is 0 Å². The molecule has 120 valence electrons. The summed E-state index contributed by atoms with van der Waals surface area (Å²) in [6.45, 7) is 5.07. The van der Waals surface area contributed by atoms with Gasteiger partial charge in [0.25, 0.3) is 0 Å². The third kappa shape index (κ3) is 3.23. The zero-order chi connectivity index (χ0) is 16.2. The van der Waals surface area contributed by atoms with E-state index in [1.165, 1.54) is 6.07 Å². The van der Waals surface area contributed by atoms with E-state index >= 15 is 0 Å². The summed E-state index contributed by atoms with van der Waals surface area (Å²) in [5, 5.41) is 12.5. The number of nitrogens with zero attached hydrogens (tertiary/aromatic N) is 4. The third-order valence-electron chi connectivity index (χ3n) is 3.59. The van der Waals surface area contributed by atoms with E-state index < -0.39 is 0 Å². The van der Waals surface area contributed by atoms with Gasteiger partial charge in [0.2, 0.25) is 0 Å². The highest BCUT2D eigenvalue weighted by molar-refractivity contribution is 5.81. The lowest BCUT2D eigenvalue weighted by Gasteiger charge is -2.08. The second-order valence-electron chi connectivity index (χ2n) is 5.21. The minimum absolute atomic E-state index is 0.260. The number of aromatic nitrogens is 4. The molecule has 0 fully saturated rings. The highest BCUT2D eigenvalue weighted by atomic mass is 16.5. The van der Waals surface area contributed by atoms with Crippen molar-refractivity contribution in [2.24, 2.45) is 0 Å². The zero-order valence-electron chi connectivity index (χ0n) is 13.2. The standard InChI is InChI=1S/C16H18N4O3/c1-3-7-20-15(17-18-19-20)10-22-12-5-6-13-11(4-2)8-16(21)23-14(13)9-12/h5-6,8-9H,3-4,7,10H2,1-2H3. The fourth-order valence-corrected chi connectivity index (χ4v) is 2.45. The molecule has 0 aliphatic carbocycles. The van der Waals surface area contributed by atoms with Crippen LogP contribution in [0.4, 0.5) is 0 Å². The summed E-state index contributed by atoms with van der Waals surface area (Å²) in [7, 11) is 0. The Hall–Kier alpha value is -2.70. The number of aryl methyl sites for hydroxylation is 2. The molecule has 1 aromatic carbocycles. The lowest BCUT2D eigenvalue weighted by Crippen LogP contribution is -2.08. The highest BCUT2D eigenvalue weighted by Gasteiger charge is 2.09. The number of tetrazole rings is 1. The summed E-state index contributed by atoms with van der Waals surface area (Å²) in [5.41, 5.74) is 1.15. The van der Waals surface area contributed by atoms with Gasteiger partial charge in [-0.2, -0.15) is 0 Å². The first kappa shape index (κ1) is 15.2. The minimum atomic E-state index is -0.349. The molecule has 0 aliphatic rings. The Morgan fingerprint density at radius 2 is 2.13 bits per heavy atom. The van der Waals surface area contributed by atoms with E-state index in [2.05, 4.69) is 22.4 Å². The average Bonchev–Trinajstić information content (AvgIpc) is 2.99. The van der Waals surface area contributed by atoms with Crippen molar-refractivity contribution in [2.45, 2.75) is 39.8 Å². The van der Waals surface area contributed by atoms with Crippen molar-refractivity contribution in [3.05, 3.63) is 46.1 Å². The van der Waals surface area contributed by atoms with Crippen LogP contribution in [0.15, 0.2) is 33.5 Å². The molecule has 7 nitrogen and oxygen atoms in total. The van der Waals surface area contributed by atoms with E-state index in [4.69, 9.17) is 9.15 Å². The Kier molecular flexibility index (Phi) is 4.36. The largest absolute Gasteiger partial charge is 0.485 e. The van der Waals surface area contributed by atoms with Crippen molar-refractivity contribution in [3.8, 4) is 5.75 Å². The van der Waals surface area contributed by atoms with Gasteiger partial charge in [0.05, 0.1) is 0 Å². The summed E-state index contributed by atoms with van der Waals surface area (Å²) in [6.07, 6.45) is 1.72. The quantitative estimate of drug-likeness (QED) is 0.649. The molecule has 0 N–H and O–H groups in total. The lowest BCUT2D eigenvalue weighted by atomic mass is 10.1. The Morgan fingerprint density at radius 1 is 1.26 bits per heavy atom. The van der Waals surface area contributed by atoms with E-state index in [-0.39, 0.29) is 12.2 Å². The topological polar surface area (TPSA) is 83.0 Å². The summed E-state index contributed by atoms with van der Waals surface area (Å²) in [6, 6.07) is 7.02. The molecule has 0 spiro atoms. The predicted molar refractivity (Wildman–Crippen MR) is 84.3 cm³/mol. The van der Waals surface area contributed by atoms with Crippen LogP contribution in [0.5, 0.6) is 5.75 Å². The third-order valence-corrected chi connectivity index (χ3v) is 3.59. The molecule has 0 bridgehead atoms. The van der Waals surface area contributed by atoms with Crippen molar-refractivity contribution in [3.63, 3.8) is 0 Å². The number of benzene rings is 1. The summed E-state index contributed by atoms with van der Waals surface area (Å²) >= 11 is 0. The van der Waals surface area contributed by atoms with Gasteiger partial charge in [-0.1, -0.05) is 13.8 Å². The Bertz CT molecular complexity index is 869. The number of fused-ring (bicyclic) bond motifs is 1. The number of ether oxygens (including phenoxy) is 1. The van der Waals surface area contributed by atoms with Crippen LogP contribution >= 0.6 is 0 Å². The van der Waals surface area contributed by atoms with Crippen LogP contribution in [0.2, 0.25) is 0 Å². The fourth-order valence-electron chi connectivity index (χ4n) is 2.45. The molecule has 0 saturated heterocycles. The fraction of sp³-hybridized carbons (Fsp3) is 0.375. The van der Waals surface area contributed by atoms with Gasteiger partial charge in [0, 0.05) is 24.1 Å². The average molecular weight is 314 g/mol. The van der Waals surface area contributed by atoms with Gasteiger partial charge in [0.1, 0.15) is 17.9 Å². The van der Waals surface area contributed by atoms with Gasteiger partial charge in [0.15, 0.2) is 5.82 Å². The Morgan fingerprint density at radius 3 is 2.91 bits per heavy atom. The van der Waals surface area contributed by atoms with Crippen molar-refractivity contribution in [2.75, 3.05) is 0 Å². The van der Waals surface area contributed by atoms with Crippen LogP contribution in [-0.4, -0.2) is 20.2 Å². The van der Waals surface area contributed by atoms with E-state index in [0.717, 1.165) is 30.3 Å². The van der Waals surface area contributed by atoms with Gasteiger partial charge < -0.3 is 9.15 Å². The monoisotopic (exact) mass is 314 g/mol. The molecule has 2 heterocycles. The molecule has 3 aromatic rings. The van der Waals surface area contributed by atoms with E-state index in [0.29, 0.717) is 17.2 Å². The molecule has 0 amide bonds. The van der Waals surface area contributed by atoms with Gasteiger partial charge in [-0.15, -0.1) is 5.10 Å². The molecular formula is C16H18N4O3. The maximum atomic E-state index is 11.6. The predicted octanol–water partition coefficient (Wildman–Crippen LogP) is 2.33. The molecule has 7 heteroatoms. The van der Waals surface area contributed by atoms with Gasteiger partial charge in [-0.25, -0.2) is 9.48 Å². The lowest BCUT2D eigenvalue weighted by molar-refractivity contribution is 0.286.